The van der Waals surface area contributed by atoms with Crippen molar-refractivity contribution in [2.24, 2.45) is 11.3 Å². The molecule has 3 aliphatic rings. The minimum atomic E-state index is -0.195. The van der Waals surface area contributed by atoms with Crippen LogP contribution in [0.4, 0.5) is 0 Å². The van der Waals surface area contributed by atoms with E-state index in [0.717, 1.165) is 32.0 Å². The highest BCUT2D eigenvalue weighted by Gasteiger charge is 2.52. The molecule has 3 aliphatic heterocycles. The number of H-pyrrole nitrogens is 1. The summed E-state index contributed by atoms with van der Waals surface area (Å²) >= 11 is 0. The molecule has 5 rings (SSSR count). The van der Waals surface area contributed by atoms with Gasteiger partial charge in [0.15, 0.2) is 0 Å². The predicted molar refractivity (Wildman–Crippen MR) is 103 cm³/mol. The zero-order valence-electron chi connectivity index (χ0n) is 16.3. The molecule has 0 amide bonds. The normalized spacial score (nSPS) is 29.0. The van der Waals surface area contributed by atoms with Crippen LogP contribution in [0.2, 0.25) is 0 Å². The molecule has 5 heteroatoms. The lowest BCUT2D eigenvalue weighted by Gasteiger charge is -2.54. The number of para-hydroxylation sites is 1. The molecule has 5 nitrogen and oxygen atoms in total. The number of piperidine rings is 1. The van der Waals surface area contributed by atoms with Gasteiger partial charge in [-0.3, -0.25) is 4.90 Å². The lowest BCUT2D eigenvalue weighted by atomic mass is 9.64. The molecule has 2 aromatic rings. The summed E-state index contributed by atoms with van der Waals surface area (Å²) < 4.78 is 13.0. The zero-order chi connectivity index (χ0) is 18.5. The van der Waals surface area contributed by atoms with Gasteiger partial charge in [0.05, 0.1) is 19.0 Å². The Labute approximate surface area is 161 Å². The summed E-state index contributed by atoms with van der Waals surface area (Å²) in [5.41, 5.74) is 2.52. The van der Waals surface area contributed by atoms with E-state index < -0.39 is 0 Å². The maximum atomic E-state index is 6.56. The first kappa shape index (κ1) is 17.3. The summed E-state index contributed by atoms with van der Waals surface area (Å²) in [5, 5.41) is 0. The Morgan fingerprint density at radius 3 is 2.81 bits per heavy atom. The molecule has 1 spiro atoms. The number of imidazole rings is 1. The smallest absolute Gasteiger partial charge is 0.125 e. The zero-order valence-corrected chi connectivity index (χ0v) is 16.3. The number of aromatic nitrogens is 2. The number of fused-ring (bicyclic) bond motifs is 3. The Morgan fingerprint density at radius 1 is 1.22 bits per heavy atom. The van der Waals surface area contributed by atoms with Crippen LogP contribution in [0.5, 0.6) is 5.75 Å². The van der Waals surface area contributed by atoms with Gasteiger partial charge in [0.2, 0.25) is 0 Å². The van der Waals surface area contributed by atoms with Crippen molar-refractivity contribution in [3.05, 3.63) is 48.0 Å². The topological polar surface area (TPSA) is 50.4 Å². The highest BCUT2D eigenvalue weighted by molar-refractivity contribution is 5.39. The Morgan fingerprint density at radius 2 is 2.04 bits per heavy atom. The third-order valence-electron chi connectivity index (χ3n) is 6.94. The van der Waals surface area contributed by atoms with Crippen LogP contribution in [0.3, 0.4) is 0 Å². The SMILES string of the molecule is CC1(C)Oc2ccccc2[C@H]2OCC3(CCN(Cc4cnc[nH]4)CC3)C[C@@H]21. The van der Waals surface area contributed by atoms with Crippen molar-refractivity contribution in [2.45, 2.75) is 51.4 Å². The third kappa shape index (κ3) is 3.07. The minimum Gasteiger partial charge on any atom is -0.487 e. The molecule has 0 radical (unpaired) electrons. The van der Waals surface area contributed by atoms with Gasteiger partial charge < -0.3 is 14.5 Å². The molecule has 2 atom stereocenters. The van der Waals surface area contributed by atoms with Gasteiger partial charge in [0, 0.05) is 29.9 Å². The first-order valence-corrected chi connectivity index (χ1v) is 10.1. The van der Waals surface area contributed by atoms with Crippen molar-refractivity contribution in [1.82, 2.24) is 14.9 Å². The summed E-state index contributed by atoms with van der Waals surface area (Å²) in [5.74, 6) is 1.40. The number of ether oxygens (including phenoxy) is 2. The number of nitrogens with one attached hydrogen (secondary N) is 1. The van der Waals surface area contributed by atoms with Gasteiger partial charge in [-0.25, -0.2) is 4.98 Å². The quantitative estimate of drug-likeness (QED) is 0.873. The van der Waals surface area contributed by atoms with Crippen molar-refractivity contribution in [3.63, 3.8) is 0 Å². The van der Waals surface area contributed by atoms with Gasteiger partial charge in [-0.05, 0) is 57.7 Å². The van der Waals surface area contributed by atoms with Gasteiger partial charge >= 0.3 is 0 Å². The average Bonchev–Trinajstić information content (AvgIpc) is 3.17. The number of nitrogens with zero attached hydrogens (tertiary/aromatic N) is 2. The highest BCUT2D eigenvalue weighted by Crippen LogP contribution is 2.55. The fourth-order valence-corrected chi connectivity index (χ4v) is 5.25. The second-order valence-corrected chi connectivity index (χ2v) is 9.14. The summed E-state index contributed by atoms with van der Waals surface area (Å²) in [4.78, 5) is 9.88. The number of likely N-dealkylation sites (tertiary alicyclic amines) is 1. The third-order valence-corrected chi connectivity index (χ3v) is 6.94. The van der Waals surface area contributed by atoms with E-state index in [1.54, 1.807) is 6.33 Å². The summed E-state index contributed by atoms with van der Waals surface area (Å²) in [6.45, 7) is 8.55. The fraction of sp³-hybridized carbons (Fsp3) is 0.591. The second kappa shape index (κ2) is 6.35. The molecule has 1 aromatic heterocycles. The van der Waals surface area contributed by atoms with E-state index in [1.807, 2.05) is 6.20 Å². The minimum absolute atomic E-state index is 0.165. The maximum absolute atomic E-state index is 6.56. The van der Waals surface area contributed by atoms with Gasteiger partial charge in [-0.2, -0.15) is 0 Å². The Kier molecular flexibility index (Phi) is 4.06. The van der Waals surface area contributed by atoms with Crippen molar-refractivity contribution in [3.8, 4) is 5.75 Å². The molecule has 1 N–H and O–H groups in total. The van der Waals surface area contributed by atoms with Gasteiger partial charge in [0.1, 0.15) is 11.4 Å². The van der Waals surface area contributed by atoms with Crippen molar-refractivity contribution in [1.29, 1.82) is 0 Å². The van der Waals surface area contributed by atoms with E-state index in [0.29, 0.717) is 11.3 Å². The monoisotopic (exact) mass is 367 g/mol. The van der Waals surface area contributed by atoms with E-state index in [-0.39, 0.29) is 11.7 Å². The van der Waals surface area contributed by atoms with Crippen LogP contribution in [-0.4, -0.2) is 40.2 Å². The van der Waals surface area contributed by atoms with Gasteiger partial charge in [0.25, 0.3) is 0 Å². The summed E-state index contributed by atoms with van der Waals surface area (Å²) in [6, 6.07) is 8.40. The van der Waals surface area contributed by atoms with Crippen LogP contribution in [0, 0.1) is 11.3 Å². The second-order valence-electron chi connectivity index (χ2n) is 9.14. The molecule has 0 unspecified atom stereocenters. The van der Waals surface area contributed by atoms with Crippen LogP contribution in [0.1, 0.15) is 50.5 Å². The van der Waals surface area contributed by atoms with Crippen LogP contribution in [0.15, 0.2) is 36.8 Å². The molecule has 144 valence electrons. The lowest BCUT2D eigenvalue weighted by Crippen LogP contribution is -2.54. The van der Waals surface area contributed by atoms with Crippen molar-refractivity contribution >= 4 is 0 Å². The fourth-order valence-electron chi connectivity index (χ4n) is 5.25. The standard InChI is InChI=1S/C22H29N3O2/c1-21(2)18-11-22(7-9-25(10-8-22)13-16-12-23-15-24-16)14-26-20(18)17-5-3-4-6-19(17)27-21/h3-6,12,15,18,20H,7-11,13-14H2,1-2H3,(H,23,24)/t18-,20+/m0/s1. The van der Waals surface area contributed by atoms with Gasteiger partial charge in [-0.1, -0.05) is 18.2 Å². The molecule has 0 saturated carbocycles. The number of benzene rings is 1. The van der Waals surface area contributed by atoms with E-state index in [4.69, 9.17) is 9.47 Å². The molecule has 0 bridgehead atoms. The highest BCUT2D eigenvalue weighted by atomic mass is 16.5. The van der Waals surface area contributed by atoms with E-state index in [2.05, 4.69) is 53.0 Å². The molecule has 2 saturated heterocycles. The first-order valence-electron chi connectivity index (χ1n) is 10.1. The van der Waals surface area contributed by atoms with Crippen LogP contribution in [-0.2, 0) is 11.3 Å². The molecule has 1 aromatic carbocycles. The maximum Gasteiger partial charge on any atom is 0.125 e. The van der Waals surface area contributed by atoms with Crippen LogP contribution in [0.25, 0.3) is 0 Å². The first-order chi connectivity index (χ1) is 13.0. The predicted octanol–water partition coefficient (Wildman–Crippen LogP) is 3.94. The largest absolute Gasteiger partial charge is 0.487 e. The van der Waals surface area contributed by atoms with Gasteiger partial charge in [-0.15, -0.1) is 0 Å². The average molecular weight is 367 g/mol. The Bertz CT molecular complexity index is 794. The van der Waals surface area contributed by atoms with Crippen molar-refractivity contribution in [2.75, 3.05) is 19.7 Å². The van der Waals surface area contributed by atoms with Crippen LogP contribution >= 0.6 is 0 Å². The lowest BCUT2D eigenvalue weighted by molar-refractivity contribution is -0.174. The molecular weight excluding hydrogens is 338 g/mol. The molecular formula is C22H29N3O2. The molecule has 4 heterocycles. The molecule has 2 fully saturated rings. The number of rotatable bonds is 2. The van der Waals surface area contributed by atoms with E-state index in [9.17, 15) is 0 Å². The van der Waals surface area contributed by atoms with Crippen molar-refractivity contribution < 1.29 is 9.47 Å². The number of hydrogen-bond donors (Lipinski definition) is 1. The Hall–Kier alpha value is -1.85. The number of aromatic amines is 1. The van der Waals surface area contributed by atoms with E-state index in [1.165, 1.54) is 30.5 Å². The Balaban J connectivity index is 1.31. The summed E-state index contributed by atoms with van der Waals surface area (Å²) in [7, 11) is 0. The number of hydrogen-bond acceptors (Lipinski definition) is 4. The van der Waals surface area contributed by atoms with Crippen LogP contribution < -0.4 is 4.74 Å². The summed E-state index contributed by atoms with van der Waals surface area (Å²) in [6.07, 6.45) is 7.44. The molecule has 0 aliphatic carbocycles. The van der Waals surface area contributed by atoms with E-state index >= 15 is 0 Å². The molecule has 27 heavy (non-hydrogen) atoms.